The van der Waals surface area contributed by atoms with E-state index in [0.29, 0.717) is 16.6 Å². The van der Waals surface area contributed by atoms with Gasteiger partial charge in [0, 0.05) is 29.6 Å². The Balaban J connectivity index is 1.45. The Morgan fingerprint density at radius 1 is 1.06 bits per heavy atom. The van der Waals surface area contributed by atoms with Gasteiger partial charge < -0.3 is 0 Å². The van der Waals surface area contributed by atoms with Gasteiger partial charge in [-0.1, -0.05) is 49.7 Å². The number of hydrogen-bond donors (Lipinski definition) is 2. The first kappa shape index (κ1) is 22.0. The summed E-state index contributed by atoms with van der Waals surface area (Å²) < 4.78 is 2.17. The number of carbonyl (C=O) groups excluding carboxylic acids is 2. The van der Waals surface area contributed by atoms with Crippen LogP contribution in [0.4, 0.5) is 0 Å². The maximum absolute atomic E-state index is 12.4. The van der Waals surface area contributed by atoms with Crippen molar-refractivity contribution >= 4 is 23.6 Å². The Kier molecular flexibility index (Phi) is 7.16. The molecule has 2 atom stereocenters. The molecule has 0 unspecified atom stereocenters. The highest BCUT2D eigenvalue weighted by molar-refractivity contribution is 7.99. The molecule has 0 bridgehead atoms. The van der Waals surface area contributed by atoms with E-state index in [9.17, 15) is 9.59 Å². The molecule has 32 heavy (non-hydrogen) atoms. The molecule has 9 heteroatoms. The van der Waals surface area contributed by atoms with Crippen molar-refractivity contribution in [3.8, 4) is 11.4 Å². The normalized spacial score (nSPS) is 18.2. The first-order valence-corrected chi connectivity index (χ1v) is 11.7. The topological polar surface area (TPSA) is 102 Å². The van der Waals surface area contributed by atoms with Crippen LogP contribution in [0, 0.1) is 5.92 Å². The highest BCUT2D eigenvalue weighted by Gasteiger charge is 2.29. The van der Waals surface area contributed by atoms with Crippen LogP contribution in [-0.2, 0) is 4.79 Å². The molecule has 166 valence electrons. The summed E-state index contributed by atoms with van der Waals surface area (Å²) in [7, 11) is 0. The van der Waals surface area contributed by atoms with Gasteiger partial charge in [0.1, 0.15) is 0 Å². The molecular weight excluding hydrogens is 424 g/mol. The quantitative estimate of drug-likeness (QED) is 0.439. The number of thioether (sulfide) groups is 1. The number of hydrazine groups is 1. The van der Waals surface area contributed by atoms with Crippen LogP contribution in [-0.4, -0.2) is 37.3 Å². The lowest BCUT2D eigenvalue weighted by Crippen LogP contribution is -2.42. The minimum absolute atomic E-state index is 0.112. The first-order chi connectivity index (χ1) is 15.6. The lowest BCUT2D eigenvalue weighted by Gasteiger charge is -2.31. The first-order valence-electron chi connectivity index (χ1n) is 10.8. The third-order valence-corrected chi connectivity index (χ3v) is 6.61. The Bertz CT molecular complexity index is 1060. The fraction of sp³-hybridized carbons (Fsp3) is 0.348. The van der Waals surface area contributed by atoms with Crippen LogP contribution in [0.5, 0.6) is 0 Å². The van der Waals surface area contributed by atoms with Crippen LogP contribution < -0.4 is 10.9 Å². The van der Waals surface area contributed by atoms with Gasteiger partial charge in [0.05, 0.1) is 5.75 Å². The smallest absolute Gasteiger partial charge is 0.269 e. The predicted octanol–water partition coefficient (Wildman–Crippen LogP) is 3.64. The van der Waals surface area contributed by atoms with Crippen LogP contribution in [0.25, 0.3) is 11.4 Å². The summed E-state index contributed by atoms with van der Waals surface area (Å²) in [6.07, 6.45) is 8.13. The van der Waals surface area contributed by atoms with Crippen molar-refractivity contribution in [2.24, 2.45) is 5.92 Å². The van der Waals surface area contributed by atoms with Gasteiger partial charge in [0.15, 0.2) is 11.0 Å². The van der Waals surface area contributed by atoms with Gasteiger partial charge in [-0.2, -0.15) is 0 Å². The molecule has 0 spiro atoms. The molecule has 4 rings (SSSR count). The monoisotopic (exact) mass is 450 g/mol. The molecule has 1 fully saturated rings. The second kappa shape index (κ2) is 10.4. The van der Waals surface area contributed by atoms with Crippen LogP contribution in [0.2, 0.25) is 0 Å². The minimum Gasteiger partial charge on any atom is -0.299 e. The molecule has 2 N–H and O–H groups in total. The van der Waals surface area contributed by atoms with Gasteiger partial charge in [-0.15, -0.1) is 10.2 Å². The lowest BCUT2D eigenvalue weighted by atomic mass is 9.85. The van der Waals surface area contributed by atoms with Gasteiger partial charge in [0.2, 0.25) is 5.91 Å². The van der Waals surface area contributed by atoms with Crippen LogP contribution in [0.15, 0.2) is 60.0 Å². The van der Waals surface area contributed by atoms with Crippen molar-refractivity contribution in [2.45, 2.75) is 43.8 Å². The molecule has 0 aliphatic heterocycles. The number of rotatable bonds is 6. The van der Waals surface area contributed by atoms with Gasteiger partial charge >= 0.3 is 0 Å². The molecule has 0 saturated heterocycles. The SMILES string of the molecule is C[C@H]1CCCC[C@H]1n1c(SCC(=O)NNC(=O)c2ccccc2)nnc1-c1cccnc1. The molecule has 2 aromatic heterocycles. The Morgan fingerprint density at radius 3 is 2.62 bits per heavy atom. The van der Waals surface area contributed by atoms with Crippen LogP contribution >= 0.6 is 11.8 Å². The van der Waals surface area contributed by atoms with E-state index in [2.05, 4.69) is 37.5 Å². The number of benzene rings is 1. The Morgan fingerprint density at radius 2 is 1.88 bits per heavy atom. The molecule has 1 aliphatic carbocycles. The molecule has 1 aliphatic rings. The standard InChI is InChI=1S/C23H26N6O2S/c1-16-8-5-6-12-19(16)29-21(18-11-7-13-24-14-18)26-28-23(29)32-15-20(30)25-27-22(31)17-9-3-2-4-10-17/h2-4,7,9-11,13-14,16,19H,5-6,8,12,15H2,1H3,(H,25,30)(H,27,31)/t16-,19+/m0/s1. The van der Waals surface area contributed by atoms with E-state index < -0.39 is 0 Å². The fourth-order valence-electron chi connectivity index (χ4n) is 4.00. The zero-order chi connectivity index (χ0) is 22.3. The highest BCUT2D eigenvalue weighted by Crippen LogP contribution is 2.38. The Labute approximate surface area is 191 Å². The summed E-state index contributed by atoms with van der Waals surface area (Å²) in [6.45, 7) is 2.26. The van der Waals surface area contributed by atoms with Crippen LogP contribution in [0.1, 0.15) is 49.0 Å². The molecule has 1 saturated carbocycles. The fourth-order valence-corrected chi connectivity index (χ4v) is 4.79. The summed E-state index contributed by atoms with van der Waals surface area (Å²) >= 11 is 1.32. The van der Waals surface area contributed by atoms with Gasteiger partial charge in [0.25, 0.3) is 5.91 Å². The second-order valence-electron chi connectivity index (χ2n) is 7.90. The number of nitrogens with zero attached hydrogens (tertiary/aromatic N) is 4. The average molecular weight is 451 g/mol. The minimum atomic E-state index is -0.359. The van der Waals surface area contributed by atoms with Crippen molar-refractivity contribution < 1.29 is 9.59 Å². The largest absolute Gasteiger partial charge is 0.299 e. The van der Waals surface area contributed by atoms with Crippen molar-refractivity contribution in [3.05, 3.63) is 60.4 Å². The number of hydrogen-bond acceptors (Lipinski definition) is 6. The van der Waals surface area contributed by atoms with E-state index in [1.165, 1.54) is 18.2 Å². The van der Waals surface area contributed by atoms with Crippen molar-refractivity contribution in [1.29, 1.82) is 0 Å². The van der Waals surface area contributed by atoms with E-state index in [-0.39, 0.29) is 23.6 Å². The maximum atomic E-state index is 12.4. The molecule has 0 radical (unpaired) electrons. The van der Waals surface area contributed by atoms with Crippen LogP contribution in [0.3, 0.4) is 0 Å². The van der Waals surface area contributed by atoms with E-state index in [1.807, 2.05) is 18.2 Å². The number of nitrogens with one attached hydrogen (secondary N) is 2. The summed E-state index contributed by atoms with van der Waals surface area (Å²) in [4.78, 5) is 28.7. The zero-order valence-electron chi connectivity index (χ0n) is 17.9. The third-order valence-electron chi connectivity index (χ3n) is 5.67. The van der Waals surface area contributed by atoms with Crippen molar-refractivity contribution in [3.63, 3.8) is 0 Å². The predicted molar refractivity (Wildman–Crippen MR) is 123 cm³/mol. The molecule has 3 aromatic rings. The number of carbonyl (C=O) groups is 2. The summed E-state index contributed by atoms with van der Waals surface area (Å²) in [5.41, 5.74) is 6.30. The highest BCUT2D eigenvalue weighted by atomic mass is 32.2. The second-order valence-corrected chi connectivity index (χ2v) is 8.85. The van der Waals surface area contributed by atoms with Crippen molar-refractivity contribution in [2.75, 3.05) is 5.75 Å². The lowest BCUT2D eigenvalue weighted by molar-refractivity contribution is -0.119. The molecular formula is C23H26N6O2S. The van der Waals surface area contributed by atoms with Gasteiger partial charge in [-0.3, -0.25) is 30.0 Å². The summed E-state index contributed by atoms with van der Waals surface area (Å²) in [5, 5.41) is 9.54. The Hall–Kier alpha value is -3.20. The molecule has 1 aromatic carbocycles. The third kappa shape index (κ3) is 5.16. The number of pyridine rings is 1. The van der Waals surface area contributed by atoms with E-state index in [0.717, 1.165) is 30.7 Å². The zero-order valence-corrected chi connectivity index (χ0v) is 18.7. The number of aromatic nitrogens is 4. The molecule has 2 amide bonds. The molecule has 8 nitrogen and oxygen atoms in total. The van der Waals surface area contributed by atoms with Gasteiger partial charge in [-0.25, -0.2) is 0 Å². The number of amides is 2. The maximum Gasteiger partial charge on any atom is 0.269 e. The van der Waals surface area contributed by atoms with E-state index in [4.69, 9.17) is 0 Å². The molecule has 2 heterocycles. The summed E-state index contributed by atoms with van der Waals surface area (Å²) in [6, 6.07) is 12.9. The van der Waals surface area contributed by atoms with Crippen molar-refractivity contribution in [1.82, 2.24) is 30.6 Å². The van der Waals surface area contributed by atoms with E-state index in [1.54, 1.807) is 36.7 Å². The van der Waals surface area contributed by atoms with Gasteiger partial charge in [-0.05, 0) is 43.0 Å². The van der Waals surface area contributed by atoms with E-state index >= 15 is 0 Å². The summed E-state index contributed by atoms with van der Waals surface area (Å²) in [5.74, 6) is 0.711. The average Bonchev–Trinajstić information content (AvgIpc) is 3.26.